The minimum atomic E-state index is 0.549. The van der Waals surface area contributed by atoms with E-state index in [9.17, 15) is 0 Å². The minimum Gasteiger partial charge on any atom is -0.355 e. The maximum absolute atomic E-state index is 4.57. The first-order valence-electron chi connectivity index (χ1n) is 7.76. The summed E-state index contributed by atoms with van der Waals surface area (Å²) >= 11 is 0. The van der Waals surface area contributed by atoms with Crippen molar-refractivity contribution in [3.05, 3.63) is 53.5 Å². The average molecular weight is 279 g/mol. The Morgan fingerprint density at radius 1 is 1.05 bits per heavy atom. The Balaban J connectivity index is 1.40. The maximum Gasteiger partial charge on any atom is 0.132 e. The summed E-state index contributed by atoms with van der Waals surface area (Å²) < 4.78 is 0. The lowest BCUT2D eigenvalue weighted by molar-refractivity contribution is 0.0627. The molecule has 0 unspecified atom stereocenters. The van der Waals surface area contributed by atoms with Crippen molar-refractivity contribution < 1.29 is 0 Å². The number of aromatic nitrogens is 2. The molecule has 21 heavy (non-hydrogen) atoms. The first kappa shape index (κ1) is 12.8. The fourth-order valence-electron chi connectivity index (χ4n) is 3.99. The lowest BCUT2D eigenvalue weighted by Crippen LogP contribution is -2.62. The SMILES string of the molecule is Cc1cc(N2CC3(CC(c4ccccc4)C3)C2)nc(C)n1. The highest BCUT2D eigenvalue weighted by molar-refractivity contribution is 5.45. The zero-order valence-electron chi connectivity index (χ0n) is 12.7. The summed E-state index contributed by atoms with van der Waals surface area (Å²) in [5.41, 5.74) is 3.12. The molecule has 3 nitrogen and oxygen atoms in total. The maximum atomic E-state index is 4.57. The highest BCUT2D eigenvalue weighted by atomic mass is 15.3. The molecule has 2 fully saturated rings. The van der Waals surface area contributed by atoms with E-state index in [0.717, 1.165) is 36.3 Å². The van der Waals surface area contributed by atoms with E-state index >= 15 is 0 Å². The van der Waals surface area contributed by atoms with Crippen LogP contribution in [0.5, 0.6) is 0 Å². The predicted molar refractivity (Wildman–Crippen MR) is 84.6 cm³/mol. The normalized spacial score (nSPS) is 20.2. The molecule has 0 bridgehead atoms. The standard InChI is InChI=1S/C18H21N3/c1-13-8-17(20-14(2)19-13)21-11-18(12-21)9-16(10-18)15-6-4-3-5-7-15/h3-8,16H,9-12H2,1-2H3. The summed E-state index contributed by atoms with van der Waals surface area (Å²) in [7, 11) is 0. The number of anilines is 1. The Kier molecular flexibility index (Phi) is 2.78. The fraction of sp³-hybridized carbons (Fsp3) is 0.444. The molecule has 0 radical (unpaired) electrons. The van der Waals surface area contributed by atoms with Crippen LogP contribution in [-0.4, -0.2) is 23.1 Å². The molecule has 4 rings (SSSR count). The molecule has 0 amide bonds. The Hall–Kier alpha value is -1.90. The van der Waals surface area contributed by atoms with Gasteiger partial charge >= 0.3 is 0 Å². The van der Waals surface area contributed by atoms with Gasteiger partial charge in [0.2, 0.25) is 0 Å². The van der Waals surface area contributed by atoms with Gasteiger partial charge in [0.05, 0.1) is 0 Å². The van der Waals surface area contributed by atoms with Crippen molar-refractivity contribution in [2.75, 3.05) is 18.0 Å². The van der Waals surface area contributed by atoms with E-state index in [1.807, 2.05) is 13.8 Å². The fourth-order valence-corrected chi connectivity index (χ4v) is 3.99. The molecule has 1 saturated heterocycles. The summed E-state index contributed by atoms with van der Waals surface area (Å²) in [5, 5.41) is 0. The summed E-state index contributed by atoms with van der Waals surface area (Å²) in [6, 6.07) is 13.0. The Morgan fingerprint density at radius 3 is 2.43 bits per heavy atom. The van der Waals surface area contributed by atoms with Crippen LogP contribution < -0.4 is 4.90 Å². The molecule has 2 heterocycles. The predicted octanol–water partition coefficient (Wildman–Crippen LogP) is 3.48. The van der Waals surface area contributed by atoms with Crippen LogP contribution in [0.25, 0.3) is 0 Å². The van der Waals surface area contributed by atoms with Crippen LogP contribution in [-0.2, 0) is 0 Å². The van der Waals surface area contributed by atoms with Gasteiger partial charge in [-0.25, -0.2) is 9.97 Å². The van der Waals surface area contributed by atoms with Gasteiger partial charge in [0.25, 0.3) is 0 Å². The Morgan fingerprint density at radius 2 is 1.76 bits per heavy atom. The van der Waals surface area contributed by atoms with Gasteiger partial charge in [-0.2, -0.15) is 0 Å². The number of hydrogen-bond donors (Lipinski definition) is 0. The molecule has 1 spiro atoms. The molecule has 1 aliphatic heterocycles. The van der Waals surface area contributed by atoms with Crippen molar-refractivity contribution in [2.45, 2.75) is 32.6 Å². The molecule has 1 aliphatic carbocycles. The summed E-state index contributed by atoms with van der Waals surface area (Å²) in [6.45, 7) is 6.34. The van der Waals surface area contributed by atoms with Crippen molar-refractivity contribution >= 4 is 5.82 Å². The molecule has 1 aromatic heterocycles. The molecule has 0 atom stereocenters. The monoisotopic (exact) mass is 279 g/mol. The van der Waals surface area contributed by atoms with E-state index in [-0.39, 0.29) is 0 Å². The average Bonchev–Trinajstić information content (AvgIpc) is 2.35. The van der Waals surface area contributed by atoms with Crippen LogP contribution in [0.4, 0.5) is 5.82 Å². The van der Waals surface area contributed by atoms with Gasteiger partial charge in [0, 0.05) is 30.3 Å². The highest BCUT2D eigenvalue weighted by Crippen LogP contribution is 2.56. The molecule has 1 aromatic carbocycles. The van der Waals surface area contributed by atoms with E-state index in [1.54, 1.807) is 0 Å². The quantitative estimate of drug-likeness (QED) is 0.843. The second kappa shape index (κ2) is 4.55. The van der Waals surface area contributed by atoms with Crippen LogP contribution in [0.2, 0.25) is 0 Å². The lowest BCUT2D eigenvalue weighted by atomic mass is 9.56. The third kappa shape index (κ3) is 2.21. The van der Waals surface area contributed by atoms with E-state index < -0.39 is 0 Å². The third-order valence-corrected chi connectivity index (χ3v) is 4.96. The van der Waals surface area contributed by atoms with Gasteiger partial charge in [-0.1, -0.05) is 30.3 Å². The number of hydrogen-bond acceptors (Lipinski definition) is 3. The second-order valence-electron chi connectivity index (χ2n) is 6.79. The van der Waals surface area contributed by atoms with Gasteiger partial charge in [-0.15, -0.1) is 0 Å². The Bertz CT molecular complexity index is 631. The van der Waals surface area contributed by atoms with Gasteiger partial charge in [0.1, 0.15) is 11.6 Å². The highest BCUT2D eigenvalue weighted by Gasteiger charge is 2.52. The molecule has 2 aromatic rings. The summed E-state index contributed by atoms with van der Waals surface area (Å²) in [6.07, 6.45) is 2.66. The van der Waals surface area contributed by atoms with Crippen molar-refractivity contribution in [3.63, 3.8) is 0 Å². The Labute approximate surface area is 126 Å². The number of rotatable bonds is 2. The second-order valence-corrected chi connectivity index (χ2v) is 6.79. The largest absolute Gasteiger partial charge is 0.355 e. The van der Waals surface area contributed by atoms with E-state index in [0.29, 0.717) is 5.41 Å². The van der Waals surface area contributed by atoms with Crippen molar-refractivity contribution in [3.8, 4) is 0 Å². The van der Waals surface area contributed by atoms with Crippen molar-refractivity contribution in [2.24, 2.45) is 5.41 Å². The zero-order valence-corrected chi connectivity index (χ0v) is 12.7. The van der Waals surface area contributed by atoms with E-state index in [4.69, 9.17) is 0 Å². The number of benzene rings is 1. The number of nitrogens with zero attached hydrogens (tertiary/aromatic N) is 3. The third-order valence-electron chi connectivity index (χ3n) is 4.96. The molecule has 1 saturated carbocycles. The number of aryl methyl sites for hydroxylation is 2. The van der Waals surface area contributed by atoms with Crippen LogP contribution >= 0.6 is 0 Å². The van der Waals surface area contributed by atoms with Crippen LogP contribution in [0.3, 0.4) is 0 Å². The van der Waals surface area contributed by atoms with Gasteiger partial charge < -0.3 is 4.90 Å². The minimum absolute atomic E-state index is 0.549. The molecular weight excluding hydrogens is 258 g/mol. The van der Waals surface area contributed by atoms with Gasteiger partial charge in [-0.05, 0) is 38.2 Å². The molecule has 0 N–H and O–H groups in total. The molecule has 2 aliphatic rings. The lowest BCUT2D eigenvalue weighted by Gasteiger charge is -2.59. The first-order valence-corrected chi connectivity index (χ1v) is 7.76. The van der Waals surface area contributed by atoms with Crippen molar-refractivity contribution in [1.82, 2.24) is 9.97 Å². The summed E-state index contributed by atoms with van der Waals surface area (Å²) in [5.74, 6) is 2.75. The van der Waals surface area contributed by atoms with E-state index in [1.165, 1.54) is 18.4 Å². The first-order chi connectivity index (χ1) is 10.1. The topological polar surface area (TPSA) is 29.0 Å². The van der Waals surface area contributed by atoms with Crippen molar-refractivity contribution in [1.29, 1.82) is 0 Å². The zero-order chi connectivity index (χ0) is 14.4. The smallest absolute Gasteiger partial charge is 0.132 e. The summed E-state index contributed by atoms with van der Waals surface area (Å²) in [4.78, 5) is 11.3. The van der Waals surface area contributed by atoms with Gasteiger partial charge in [-0.3, -0.25) is 0 Å². The van der Waals surface area contributed by atoms with E-state index in [2.05, 4.69) is 51.3 Å². The van der Waals surface area contributed by atoms with Crippen LogP contribution in [0.1, 0.15) is 35.8 Å². The van der Waals surface area contributed by atoms with Gasteiger partial charge in [0.15, 0.2) is 0 Å². The van der Waals surface area contributed by atoms with Crippen LogP contribution in [0, 0.1) is 19.3 Å². The molecular formula is C18H21N3. The molecule has 3 heteroatoms. The molecule has 108 valence electrons. The van der Waals surface area contributed by atoms with Crippen LogP contribution in [0.15, 0.2) is 36.4 Å².